The number of benzene rings is 1. The summed E-state index contributed by atoms with van der Waals surface area (Å²) in [6, 6.07) is 10.4. The summed E-state index contributed by atoms with van der Waals surface area (Å²) in [4.78, 5) is 9.50. The second-order valence-corrected chi connectivity index (χ2v) is 5.03. The van der Waals surface area contributed by atoms with Gasteiger partial charge in [-0.1, -0.05) is 43.7 Å². The van der Waals surface area contributed by atoms with Gasteiger partial charge in [0, 0.05) is 30.8 Å². The molecule has 0 saturated heterocycles. The van der Waals surface area contributed by atoms with Crippen LogP contribution in [-0.2, 0) is 25.9 Å². The van der Waals surface area contributed by atoms with Gasteiger partial charge in [-0.2, -0.15) is 0 Å². The Balaban J connectivity index is 1.92. The van der Waals surface area contributed by atoms with Gasteiger partial charge in [0.05, 0.1) is 5.69 Å². The lowest BCUT2D eigenvalue weighted by Crippen LogP contribution is -2.06. The standard InChI is InChI=1S/C16H19N3/c1-2-6-14-13-10-17-11-15(13)19-16(18-14)9-12-7-4-3-5-8-12/h3-5,7-8,17H,2,6,9-11H2,1H3. The first-order chi connectivity index (χ1) is 9.36. The second-order valence-electron chi connectivity index (χ2n) is 5.03. The minimum atomic E-state index is 0.824. The third-order valence-corrected chi connectivity index (χ3v) is 3.51. The average Bonchev–Trinajstić information content (AvgIpc) is 2.89. The van der Waals surface area contributed by atoms with Gasteiger partial charge in [0.15, 0.2) is 0 Å². The first-order valence-electron chi connectivity index (χ1n) is 6.99. The average molecular weight is 253 g/mol. The Morgan fingerprint density at radius 2 is 1.95 bits per heavy atom. The fourth-order valence-electron chi connectivity index (χ4n) is 2.60. The zero-order valence-electron chi connectivity index (χ0n) is 11.3. The highest BCUT2D eigenvalue weighted by Crippen LogP contribution is 2.19. The van der Waals surface area contributed by atoms with Gasteiger partial charge in [-0.3, -0.25) is 0 Å². The smallest absolute Gasteiger partial charge is 0.133 e. The van der Waals surface area contributed by atoms with Crippen molar-refractivity contribution >= 4 is 0 Å². The maximum Gasteiger partial charge on any atom is 0.133 e. The first-order valence-corrected chi connectivity index (χ1v) is 6.99. The monoisotopic (exact) mass is 253 g/mol. The van der Waals surface area contributed by atoms with E-state index in [4.69, 9.17) is 9.97 Å². The topological polar surface area (TPSA) is 37.8 Å². The number of nitrogens with one attached hydrogen (secondary N) is 1. The molecule has 1 aromatic carbocycles. The van der Waals surface area contributed by atoms with Crippen molar-refractivity contribution in [3.05, 3.63) is 58.7 Å². The Hall–Kier alpha value is -1.74. The summed E-state index contributed by atoms with van der Waals surface area (Å²) in [5, 5.41) is 3.38. The summed E-state index contributed by atoms with van der Waals surface area (Å²) >= 11 is 0. The van der Waals surface area contributed by atoms with E-state index < -0.39 is 0 Å². The summed E-state index contributed by atoms with van der Waals surface area (Å²) in [6.45, 7) is 4.01. The zero-order chi connectivity index (χ0) is 13.1. The van der Waals surface area contributed by atoms with Crippen LogP contribution in [0.3, 0.4) is 0 Å². The minimum absolute atomic E-state index is 0.824. The van der Waals surface area contributed by atoms with Crippen LogP contribution in [-0.4, -0.2) is 9.97 Å². The van der Waals surface area contributed by atoms with Gasteiger partial charge in [-0.05, 0) is 12.0 Å². The predicted octanol–water partition coefficient (Wildman–Crippen LogP) is 2.62. The van der Waals surface area contributed by atoms with Crippen molar-refractivity contribution in [2.24, 2.45) is 0 Å². The van der Waals surface area contributed by atoms with E-state index >= 15 is 0 Å². The molecule has 0 atom stereocenters. The number of nitrogens with zero attached hydrogens (tertiary/aromatic N) is 2. The molecule has 2 aromatic rings. The lowest BCUT2D eigenvalue weighted by atomic mass is 10.1. The van der Waals surface area contributed by atoms with E-state index in [1.54, 1.807) is 0 Å². The number of hydrogen-bond donors (Lipinski definition) is 1. The molecular formula is C16H19N3. The first kappa shape index (κ1) is 12.3. The molecule has 3 nitrogen and oxygen atoms in total. The van der Waals surface area contributed by atoms with Gasteiger partial charge < -0.3 is 5.32 Å². The number of hydrogen-bond acceptors (Lipinski definition) is 3. The van der Waals surface area contributed by atoms with Crippen LogP contribution in [0.2, 0.25) is 0 Å². The van der Waals surface area contributed by atoms with Crippen LogP contribution in [0.5, 0.6) is 0 Å². The summed E-state index contributed by atoms with van der Waals surface area (Å²) in [5.41, 5.74) is 5.04. The molecule has 1 aliphatic heterocycles. The van der Waals surface area contributed by atoms with Crippen molar-refractivity contribution in [3.8, 4) is 0 Å². The Morgan fingerprint density at radius 1 is 1.11 bits per heavy atom. The van der Waals surface area contributed by atoms with Crippen molar-refractivity contribution in [3.63, 3.8) is 0 Å². The molecule has 98 valence electrons. The Morgan fingerprint density at radius 3 is 2.74 bits per heavy atom. The fraction of sp³-hybridized carbons (Fsp3) is 0.375. The molecule has 3 heteroatoms. The van der Waals surface area contributed by atoms with E-state index in [0.717, 1.165) is 38.2 Å². The third-order valence-electron chi connectivity index (χ3n) is 3.51. The molecule has 3 rings (SSSR count). The molecular weight excluding hydrogens is 234 g/mol. The molecule has 2 heterocycles. The van der Waals surface area contributed by atoms with Gasteiger partial charge >= 0.3 is 0 Å². The van der Waals surface area contributed by atoms with Crippen LogP contribution in [0.1, 0.15) is 41.7 Å². The molecule has 0 saturated carbocycles. The molecule has 1 aromatic heterocycles. The predicted molar refractivity (Wildman–Crippen MR) is 75.8 cm³/mol. The highest BCUT2D eigenvalue weighted by atomic mass is 15.0. The van der Waals surface area contributed by atoms with Gasteiger partial charge in [0.25, 0.3) is 0 Å². The number of rotatable bonds is 4. The molecule has 0 fully saturated rings. The van der Waals surface area contributed by atoms with E-state index in [9.17, 15) is 0 Å². The molecule has 1 aliphatic rings. The summed E-state index contributed by atoms with van der Waals surface area (Å²) in [6.07, 6.45) is 3.01. The molecule has 0 amide bonds. The van der Waals surface area contributed by atoms with Gasteiger partial charge in [0.1, 0.15) is 5.82 Å². The number of fused-ring (bicyclic) bond motifs is 1. The van der Waals surface area contributed by atoms with Crippen molar-refractivity contribution in [1.82, 2.24) is 15.3 Å². The van der Waals surface area contributed by atoms with Crippen molar-refractivity contribution in [2.75, 3.05) is 0 Å². The summed E-state index contributed by atoms with van der Waals surface area (Å²) in [5.74, 6) is 0.956. The lowest BCUT2D eigenvalue weighted by molar-refractivity contribution is 0.753. The summed E-state index contributed by atoms with van der Waals surface area (Å²) in [7, 11) is 0. The van der Waals surface area contributed by atoms with Crippen LogP contribution < -0.4 is 5.32 Å². The van der Waals surface area contributed by atoms with Gasteiger partial charge in [-0.25, -0.2) is 9.97 Å². The van der Waals surface area contributed by atoms with E-state index in [0.29, 0.717) is 0 Å². The lowest BCUT2D eigenvalue weighted by Gasteiger charge is -2.09. The minimum Gasteiger partial charge on any atom is -0.307 e. The van der Waals surface area contributed by atoms with Crippen molar-refractivity contribution < 1.29 is 0 Å². The van der Waals surface area contributed by atoms with Crippen molar-refractivity contribution in [1.29, 1.82) is 0 Å². The van der Waals surface area contributed by atoms with Crippen LogP contribution in [0.15, 0.2) is 30.3 Å². The van der Waals surface area contributed by atoms with Gasteiger partial charge in [0.2, 0.25) is 0 Å². The Bertz CT molecular complexity index is 564. The van der Waals surface area contributed by atoms with E-state index in [1.807, 2.05) is 6.07 Å². The third kappa shape index (κ3) is 2.66. The second kappa shape index (κ2) is 5.49. The quantitative estimate of drug-likeness (QED) is 0.910. The molecule has 19 heavy (non-hydrogen) atoms. The highest BCUT2D eigenvalue weighted by Gasteiger charge is 2.18. The Kier molecular flexibility index (Phi) is 3.56. The normalized spacial score (nSPS) is 13.5. The molecule has 0 radical (unpaired) electrons. The van der Waals surface area contributed by atoms with Crippen LogP contribution >= 0.6 is 0 Å². The highest BCUT2D eigenvalue weighted by molar-refractivity contribution is 5.30. The largest absolute Gasteiger partial charge is 0.307 e. The molecule has 0 spiro atoms. The van der Waals surface area contributed by atoms with E-state index in [2.05, 4.69) is 36.5 Å². The van der Waals surface area contributed by atoms with Crippen LogP contribution in [0.4, 0.5) is 0 Å². The maximum absolute atomic E-state index is 4.78. The number of aryl methyl sites for hydroxylation is 1. The number of aromatic nitrogens is 2. The summed E-state index contributed by atoms with van der Waals surface area (Å²) < 4.78 is 0. The molecule has 0 bridgehead atoms. The SMILES string of the molecule is CCCc1nc(Cc2ccccc2)nc2c1CNC2. The molecule has 1 N–H and O–H groups in total. The van der Waals surface area contributed by atoms with E-state index in [1.165, 1.54) is 22.5 Å². The molecule has 0 aliphatic carbocycles. The van der Waals surface area contributed by atoms with Crippen LogP contribution in [0, 0.1) is 0 Å². The van der Waals surface area contributed by atoms with Crippen molar-refractivity contribution in [2.45, 2.75) is 39.3 Å². The maximum atomic E-state index is 4.78. The Labute approximate surface area is 114 Å². The fourth-order valence-corrected chi connectivity index (χ4v) is 2.60. The van der Waals surface area contributed by atoms with E-state index in [-0.39, 0.29) is 0 Å². The zero-order valence-corrected chi connectivity index (χ0v) is 11.3. The van der Waals surface area contributed by atoms with Gasteiger partial charge in [-0.15, -0.1) is 0 Å². The molecule has 0 unspecified atom stereocenters. The van der Waals surface area contributed by atoms with Crippen LogP contribution in [0.25, 0.3) is 0 Å².